The number of carbonyl (C=O) groups excluding carboxylic acids is 1. The molecule has 1 fully saturated rings. The van der Waals surface area contributed by atoms with Crippen LogP contribution >= 0.6 is 0 Å². The van der Waals surface area contributed by atoms with Crippen LogP contribution in [0, 0.1) is 11.3 Å². The predicted octanol–water partition coefficient (Wildman–Crippen LogP) is 3.74. The second-order valence-corrected chi connectivity index (χ2v) is 4.94. The maximum atomic E-state index is 11.1. The smallest absolute Gasteiger partial charge is 0.129 e. The Balaban J connectivity index is 2.51. The lowest BCUT2D eigenvalue weighted by molar-refractivity contribution is -0.115. The van der Waals surface area contributed by atoms with Gasteiger partial charge in [0, 0.05) is 5.41 Å². The van der Waals surface area contributed by atoms with Crippen LogP contribution in [0.15, 0.2) is 12.2 Å². The van der Waals surface area contributed by atoms with Crippen molar-refractivity contribution in [2.75, 3.05) is 0 Å². The molecule has 0 amide bonds. The topological polar surface area (TPSA) is 17.1 Å². The first-order valence-electron chi connectivity index (χ1n) is 5.82. The van der Waals surface area contributed by atoms with Crippen LogP contribution < -0.4 is 0 Å². The van der Waals surface area contributed by atoms with Crippen LogP contribution in [0.5, 0.6) is 0 Å². The third kappa shape index (κ3) is 3.28. The first-order chi connectivity index (χ1) is 6.68. The maximum absolute atomic E-state index is 11.1. The van der Waals surface area contributed by atoms with Gasteiger partial charge in [-0.25, -0.2) is 0 Å². The van der Waals surface area contributed by atoms with Gasteiger partial charge < -0.3 is 4.79 Å². The zero-order valence-corrected chi connectivity index (χ0v) is 9.46. The van der Waals surface area contributed by atoms with Crippen LogP contribution in [0.1, 0.15) is 52.4 Å². The summed E-state index contributed by atoms with van der Waals surface area (Å²) >= 11 is 0. The van der Waals surface area contributed by atoms with Gasteiger partial charge in [-0.05, 0) is 25.2 Å². The van der Waals surface area contributed by atoms with Gasteiger partial charge in [0.1, 0.15) is 6.29 Å². The van der Waals surface area contributed by atoms with E-state index < -0.39 is 0 Å². The fraction of sp³-hybridized carbons (Fsp3) is 0.769. The Labute approximate surface area is 87.6 Å². The molecule has 1 rings (SSSR count). The van der Waals surface area contributed by atoms with Gasteiger partial charge in [0.2, 0.25) is 0 Å². The monoisotopic (exact) mass is 194 g/mol. The van der Waals surface area contributed by atoms with E-state index in [2.05, 4.69) is 26.0 Å². The van der Waals surface area contributed by atoms with Crippen LogP contribution in [-0.4, -0.2) is 6.29 Å². The fourth-order valence-electron chi connectivity index (χ4n) is 2.11. The lowest BCUT2D eigenvalue weighted by atomic mass is 9.75. The Kier molecular flexibility index (Phi) is 4.37. The van der Waals surface area contributed by atoms with E-state index in [1.807, 2.05) is 0 Å². The van der Waals surface area contributed by atoms with Gasteiger partial charge in [-0.15, -0.1) is 0 Å². The molecule has 1 aliphatic rings. The summed E-state index contributed by atoms with van der Waals surface area (Å²) < 4.78 is 0. The molecule has 0 bridgehead atoms. The molecule has 1 saturated carbocycles. The van der Waals surface area contributed by atoms with E-state index >= 15 is 0 Å². The average Bonchev–Trinajstić information content (AvgIpc) is 2.19. The van der Waals surface area contributed by atoms with Crippen molar-refractivity contribution in [3.8, 4) is 0 Å². The standard InChI is InChI=1S/C13H22O/c1-12(2)7-6-10-13(11-14)8-4-3-5-9-13/h6,10-12H,3-5,7-9H2,1-2H3. The van der Waals surface area contributed by atoms with Gasteiger partial charge >= 0.3 is 0 Å². The van der Waals surface area contributed by atoms with E-state index in [0.717, 1.165) is 19.3 Å². The molecular formula is C13H22O. The van der Waals surface area contributed by atoms with Crippen molar-refractivity contribution in [1.82, 2.24) is 0 Å². The first kappa shape index (κ1) is 11.5. The number of allylic oxidation sites excluding steroid dienone is 2. The molecule has 0 unspecified atom stereocenters. The molecule has 1 aliphatic carbocycles. The molecule has 0 atom stereocenters. The van der Waals surface area contributed by atoms with E-state index in [-0.39, 0.29) is 5.41 Å². The van der Waals surface area contributed by atoms with E-state index in [1.54, 1.807) is 0 Å². The Bertz CT molecular complexity index is 197. The quantitative estimate of drug-likeness (QED) is 0.492. The van der Waals surface area contributed by atoms with Crippen molar-refractivity contribution in [2.45, 2.75) is 52.4 Å². The second kappa shape index (κ2) is 5.33. The van der Waals surface area contributed by atoms with Gasteiger partial charge in [-0.1, -0.05) is 45.3 Å². The Morgan fingerprint density at radius 1 is 1.21 bits per heavy atom. The summed E-state index contributed by atoms with van der Waals surface area (Å²) in [7, 11) is 0. The Morgan fingerprint density at radius 3 is 2.36 bits per heavy atom. The van der Waals surface area contributed by atoms with Gasteiger partial charge in [-0.2, -0.15) is 0 Å². The van der Waals surface area contributed by atoms with Crippen molar-refractivity contribution < 1.29 is 4.79 Å². The molecule has 0 aromatic heterocycles. The molecule has 0 radical (unpaired) electrons. The summed E-state index contributed by atoms with van der Waals surface area (Å²) in [5, 5.41) is 0. The lowest BCUT2D eigenvalue weighted by Gasteiger charge is -2.28. The normalized spacial score (nSPS) is 21.6. The Morgan fingerprint density at radius 2 is 1.86 bits per heavy atom. The van der Waals surface area contributed by atoms with Crippen LogP contribution in [0.2, 0.25) is 0 Å². The van der Waals surface area contributed by atoms with E-state index in [4.69, 9.17) is 0 Å². The SMILES string of the molecule is CC(C)CC=CC1(C=O)CCCCC1. The first-order valence-corrected chi connectivity index (χ1v) is 5.82. The fourth-order valence-corrected chi connectivity index (χ4v) is 2.11. The third-order valence-corrected chi connectivity index (χ3v) is 3.08. The highest BCUT2D eigenvalue weighted by Crippen LogP contribution is 2.35. The minimum absolute atomic E-state index is 0.104. The minimum atomic E-state index is -0.104. The number of rotatable bonds is 4. The number of aldehydes is 1. The minimum Gasteiger partial charge on any atom is -0.302 e. The summed E-state index contributed by atoms with van der Waals surface area (Å²) in [6, 6.07) is 0. The molecule has 0 heterocycles. The number of hydrogen-bond acceptors (Lipinski definition) is 1. The lowest BCUT2D eigenvalue weighted by Crippen LogP contribution is -2.23. The van der Waals surface area contributed by atoms with Crippen molar-refractivity contribution >= 4 is 6.29 Å². The second-order valence-electron chi connectivity index (χ2n) is 4.94. The molecule has 0 N–H and O–H groups in total. The highest BCUT2D eigenvalue weighted by Gasteiger charge is 2.28. The molecule has 14 heavy (non-hydrogen) atoms. The van der Waals surface area contributed by atoms with E-state index in [9.17, 15) is 4.79 Å². The molecule has 0 aliphatic heterocycles. The number of carbonyl (C=O) groups is 1. The molecule has 1 heteroatoms. The summed E-state index contributed by atoms with van der Waals surface area (Å²) in [6.45, 7) is 4.41. The summed E-state index contributed by atoms with van der Waals surface area (Å²) in [5.74, 6) is 0.693. The summed E-state index contributed by atoms with van der Waals surface area (Å²) in [4.78, 5) is 11.1. The molecule has 1 nitrogen and oxygen atoms in total. The highest BCUT2D eigenvalue weighted by molar-refractivity contribution is 5.62. The largest absolute Gasteiger partial charge is 0.302 e. The zero-order chi connectivity index (χ0) is 10.4. The van der Waals surface area contributed by atoms with E-state index in [0.29, 0.717) is 5.92 Å². The Hall–Kier alpha value is -0.590. The molecule has 0 aromatic carbocycles. The molecule has 0 spiro atoms. The van der Waals surface area contributed by atoms with Crippen LogP contribution in [0.4, 0.5) is 0 Å². The van der Waals surface area contributed by atoms with Gasteiger partial charge in [0.15, 0.2) is 0 Å². The van der Waals surface area contributed by atoms with Crippen LogP contribution in [0.25, 0.3) is 0 Å². The predicted molar refractivity (Wildman–Crippen MR) is 60.2 cm³/mol. The molecule has 0 aromatic rings. The van der Waals surface area contributed by atoms with E-state index in [1.165, 1.54) is 25.5 Å². The molecular weight excluding hydrogens is 172 g/mol. The van der Waals surface area contributed by atoms with Gasteiger partial charge in [0.25, 0.3) is 0 Å². The molecule has 80 valence electrons. The van der Waals surface area contributed by atoms with Gasteiger partial charge in [0.05, 0.1) is 0 Å². The number of hydrogen-bond donors (Lipinski definition) is 0. The van der Waals surface area contributed by atoms with Crippen molar-refractivity contribution in [3.05, 3.63) is 12.2 Å². The zero-order valence-electron chi connectivity index (χ0n) is 9.46. The third-order valence-electron chi connectivity index (χ3n) is 3.08. The van der Waals surface area contributed by atoms with Crippen molar-refractivity contribution in [1.29, 1.82) is 0 Å². The van der Waals surface area contributed by atoms with Crippen LogP contribution in [0.3, 0.4) is 0 Å². The summed E-state index contributed by atoms with van der Waals surface area (Å²) in [5.41, 5.74) is -0.104. The highest BCUT2D eigenvalue weighted by atomic mass is 16.1. The molecule has 0 saturated heterocycles. The average molecular weight is 194 g/mol. The summed E-state index contributed by atoms with van der Waals surface area (Å²) in [6.07, 6.45) is 12.5. The van der Waals surface area contributed by atoms with Gasteiger partial charge in [-0.3, -0.25) is 0 Å². The maximum Gasteiger partial charge on any atom is 0.129 e. The van der Waals surface area contributed by atoms with Crippen molar-refractivity contribution in [2.24, 2.45) is 11.3 Å². The van der Waals surface area contributed by atoms with Crippen molar-refractivity contribution in [3.63, 3.8) is 0 Å². The van der Waals surface area contributed by atoms with Crippen LogP contribution in [-0.2, 0) is 4.79 Å².